The highest BCUT2D eigenvalue weighted by atomic mass is 16.2. The Bertz CT molecular complexity index is 810. The van der Waals surface area contributed by atoms with Gasteiger partial charge >= 0.3 is 6.03 Å². The van der Waals surface area contributed by atoms with Crippen molar-refractivity contribution in [2.24, 2.45) is 0 Å². The van der Waals surface area contributed by atoms with Gasteiger partial charge in [0.05, 0.1) is 6.04 Å². The number of benzene rings is 2. The van der Waals surface area contributed by atoms with Crippen LogP contribution < -0.4 is 5.32 Å². The molecule has 27 heavy (non-hydrogen) atoms. The third-order valence-electron chi connectivity index (χ3n) is 5.86. The van der Waals surface area contributed by atoms with Crippen LogP contribution in [0.4, 0.5) is 4.79 Å². The van der Waals surface area contributed by atoms with Gasteiger partial charge in [0.1, 0.15) is 6.04 Å². The van der Waals surface area contributed by atoms with Crippen molar-refractivity contribution in [3.05, 3.63) is 71.3 Å². The van der Waals surface area contributed by atoms with E-state index in [0.717, 1.165) is 36.8 Å². The summed E-state index contributed by atoms with van der Waals surface area (Å²) in [5, 5.41) is 3.10. The van der Waals surface area contributed by atoms with Crippen LogP contribution in [0.2, 0.25) is 0 Å². The SMILES string of the molecule is Cc1ccc(C(=O)C2C(c3ccccc3)NC(=O)N2C2CCCCC2)cc1. The van der Waals surface area contributed by atoms with Crippen LogP contribution in [0.5, 0.6) is 0 Å². The molecule has 4 heteroatoms. The minimum absolute atomic E-state index is 0.0211. The van der Waals surface area contributed by atoms with E-state index in [1.807, 2.05) is 66.4 Å². The number of nitrogens with one attached hydrogen (secondary N) is 1. The van der Waals surface area contributed by atoms with E-state index in [0.29, 0.717) is 5.56 Å². The second kappa shape index (κ2) is 7.55. The Balaban J connectivity index is 1.72. The van der Waals surface area contributed by atoms with Crippen LogP contribution in [0.3, 0.4) is 0 Å². The number of aryl methyl sites for hydroxylation is 1. The topological polar surface area (TPSA) is 49.4 Å². The highest BCUT2D eigenvalue weighted by Gasteiger charge is 2.47. The quantitative estimate of drug-likeness (QED) is 0.805. The van der Waals surface area contributed by atoms with Gasteiger partial charge in [-0.25, -0.2) is 4.79 Å². The molecule has 2 amide bonds. The summed E-state index contributed by atoms with van der Waals surface area (Å²) in [7, 11) is 0. The summed E-state index contributed by atoms with van der Waals surface area (Å²) < 4.78 is 0. The van der Waals surface area contributed by atoms with Gasteiger partial charge in [0.25, 0.3) is 0 Å². The van der Waals surface area contributed by atoms with E-state index in [1.54, 1.807) is 0 Å². The molecule has 1 heterocycles. The maximum Gasteiger partial charge on any atom is 0.318 e. The van der Waals surface area contributed by atoms with Crippen molar-refractivity contribution < 1.29 is 9.59 Å². The van der Waals surface area contributed by atoms with Gasteiger partial charge in [-0.15, -0.1) is 0 Å². The van der Waals surface area contributed by atoms with Gasteiger partial charge in [-0.2, -0.15) is 0 Å². The fraction of sp³-hybridized carbons (Fsp3) is 0.391. The summed E-state index contributed by atoms with van der Waals surface area (Å²) in [6, 6.07) is 16.7. The number of amides is 2. The molecule has 2 aliphatic rings. The summed E-state index contributed by atoms with van der Waals surface area (Å²) in [6.07, 6.45) is 5.41. The average Bonchev–Trinajstić information content (AvgIpc) is 3.06. The predicted molar refractivity (Wildman–Crippen MR) is 106 cm³/mol. The molecule has 2 unspecified atom stereocenters. The van der Waals surface area contributed by atoms with Crippen molar-refractivity contribution in [1.29, 1.82) is 0 Å². The number of carbonyl (C=O) groups excluding carboxylic acids is 2. The molecule has 1 saturated carbocycles. The Hall–Kier alpha value is -2.62. The molecule has 0 bridgehead atoms. The Kier molecular flexibility index (Phi) is 4.97. The van der Waals surface area contributed by atoms with E-state index in [-0.39, 0.29) is 23.9 Å². The summed E-state index contributed by atoms with van der Waals surface area (Å²) in [5.41, 5.74) is 2.77. The van der Waals surface area contributed by atoms with E-state index in [9.17, 15) is 9.59 Å². The fourth-order valence-corrected chi connectivity index (χ4v) is 4.42. The average molecular weight is 362 g/mol. The van der Waals surface area contributed by atoms with Crippen molar-refractivity contribution in [3.63, 3.8) is 0 Å². The first-order valence-electron chi connectivity index (χ1n) is 9.90. The molecule has 0 spiro atoms. The molecule has 2 aromatic carbocycles. The molecule has 4 rings (SSSR count). The van der Waals surface area contributed by atoms with E-state index < -0.39 is 6.04 Å². The minimum Gasteiger partial charge on any atom is -0.329 e. The molecule has 2 fully saturated rings. The number of carbonyl (C=O) groups is 2. The largest absolute Gasteiger partial charge is 0.329 e. The molecule has 1 aliphatic heterocycles. The molecule has 0 aromatic heterocycles. The molecular formula is C23H26N2O2. The third-order valence-corrected chi connectivity index (χ3v) is 5.86. The first-order chi connectivity index (χ1) is 13.1. The standard InChI is InChI=1S/C23H26N2O2/c1-16-12-14-18(15-13-16)22(26)21-20(17-8-4-2-5-9-17)24-23(27)25(21)19-10-6-3-7-11-19/h2,4-5,8-9,12-15,19-21H,3,6-7,10-11H2,1H3,(H,24,27). The lowest BCUT2D eigenvalue weighted by Crippen LogP contribution is -2.47. The minimum atomic E-state index is -0.495. The number of urea groups is 1. The predicted octanol–water partition coefficient (Wildman–Crippen LogP) is 4.65. The zero-order valence-electron chi connectivity index (χ0n) is 15.7. The molecule has 0 radical (unpaired) electrons. The maximum atomic E-state index is 13.5. The van der Waals surface area contributed by atoms with Gasteiger partial charge < -0.3 is 10.2 Å². The number of Topliss-reactive ketones (excluding diaryl/α,β-unsaturated/α-hetero) is 1. The number of ketones is 1. The van der Waals surface area contributed by atoms with Crippen molar-refractivity contribution in [2.45, 2.75) is 57.2 Å². The molecule has 4 nitrogen and oxygen atoms in total. The zero-order valence-corrected chi connectivity index (χ0v) is 15.7. The summed E-state index contributed by atoms with van der Waals surface area (Å²) in [6.45, 7) is 2.01. The Morgan fingerprint density at radius 3 is 2.30 bits per heavy atom. The van der Waals surface area contributed by atoms with Crippen LogP contribution in [-0.2, 0) is 0 Å². The van der Waals surface area contributed by atoms with Gasteiger partial charge in [0, 0.05) is 11.6 Å². The van der Waals surface area contributed by atoms with Crippen LogP contribution >= 0.6 is 0 Å². The van der Waals surface area contributed by atoms with Gasteiger partial charge in [0.15, 0.2) is 5.78 Å². The number of nitrogens with zero attached hydrogens (tertiary/aromatic N) is 1. The smallest absolute Gasteiger partial charge is 0.318 e. The van der Waals surface area contributed by atoms with E-state index in [4.69, 9.17) is 0 Å². The van der Waals surface area contributed by atoms with E-state index in [1.165, 1.54) is 6.42 Å². The van der Waals surface area contributed by atoms with Gasteiger partial charge in [0.2, 0.25) is 0 Å². The monoisotopic (exact) mass is 362 g/mol. The molecule has 2 aromatic rings. The highest BCUT2D eigenvalue weighted by molar-refractivity contribution is 6.04. The number of hydrogen-bond donors (Lipinski definition) is 1. The van der Waals surface area contributed by atoms with Crippen molar-refractivity contribution in [3.8, 4) is 0 Å². The van der Waals surface area contributed by atoms with Crippen molar-refractivity contribution in [1.82, 2.24) is 10.2 Å². The number of hydrogen-bond acceptors (Lipinski definition) is 2. The second-order valence-corrected chi connectivity index (χ2v) is 7.71. The lowest BCUT2D eigenvalue weighted by molar-refractivity contribution is 0.0801. The summed E-state index contributed by atoms with van der Waals surface area (Å²) >= 11 is 0. The van der Waals surface area contributed by atoms with Crippen LogP contribution in [0, 0.1) is 6.92 Å². The molecule has 1 saturated heterocycles. The highest BCUT2D eigenvalue weighted by Crippen LogP contribution is 2.35. The van der Waals surface area contributed by atoms with Crippen LogP contribution in [0.1, 0.15) is 59.6 Å². The Morgan fingerprint density at radius 1 is 0.963 bits per heavy atom. The van der Waals surface area contributed by atoms with Crippen molar-refractivity contribution >= 4 is 11.8 Å². The van der Waals surface area contributed by atoms with Gasteiger partial charge in [-0.05, 0) is 25.3 Å². The first-order valence-corrected chi connectivity index (χ1v) is 9.90. The van der Waals surface area contributed by atoms with E-state index >= 15 is 0 Å². The zero-order chi connectivity index (χ0) is 18.8. The lowest BCUT2D eigenvalue weighted by atomic mass is 9.89. The Morgan fingerprint density at radius 2 is 1.63 bits per heavy atom. The summed E-state index contributed by atoms with van der Waals surface area (Å²) in [4.78, 5) is 28.3. The van der Waals surface area contributed by atoms with Crippen LogP contribution in [0.25, 0.3) is 0 Å². The second-order valence-electron chi connectivity index (χ2n) is 7.71. The molecule has 1 N–H and O–H groups in total. The molecule has 140 valence electrons. The molecule has 2 atom stereocenters. The number of rotatable bonds is 4. The first kappa shape index (κ1) is 17.8. The van der Waals surface area contributed by atoms with Crippen molar-refractivity contribution in [2.75, 3.05) is 0 Å². The molecular weight excluding hydrogens is 336 g/mol. The Labute approximate surface area is 160 Å². The fourth-order valence-electron chi connectivity index (χ4n) is 4.42. The maximum absolute atomic E-state index is 13.5. The van der Waals surface area contributed by atoms with Gasteiger partial charge in [-0.3, -0.25) is 4.79 Å². The van der Waals surface area contributed by atoms with Crippen LogP contribution in [0.15, 0.2) is 54.6 Å². The van der Waals surface area contributed by atoms with E-state index in [2.05, 4.69) is 5.32 Å². The van der Waals surface area contributed by atoms with Crippen LogP contribution in [-0.4, -0.2) is 28.8 Å². The third kappa shape index (κ3) is 3.48. The molecule has 1 aliphatic carbocycles. The van der Waals surface area contributed by atoms with Gasteiger partial charge in [-0.1, -0.05) is 79.4 Å². The lowest BCUT2D eigenvalue weighted by Gasteiger charge is -2.35. The normalized spacial score (nSPS) is 23.3. The summed E-state index contributed by atoms with van der Waals surface area (Å²) in [5.74, 6) is 0.0211.